The molecule has 1 saturated carbocycles. The number of nitrogens with one attached hydrogen (secondary N) is 1. The number of aliphatic hydroxyl groups is 1. The number of halogens is 1. The highest BCUT2D eigenvalue weighted by atomic mass is 79.9. The molecule has 2 N–H and O–H groups in total. The maximum Gasteiger partial charge on any atom is 0.244 e. The Hall–Kier alpha value is -1.33. The van der Waals surface area contributed by atoms with E-state index in [2.05, 4.69) is 21.2 Å². The van der Waals surface area contributed by atoms with Crippen molar-refractivity contribution in [3.05, 3.63) is 34.3 Å². The van der Waals surface area contributed by atoms with Crippen LogP contribution in [0.5, 0.6) is 5.75 Å². The van der Waals surface area contributed by atoms with E-state index in [9.17, 15) is 9.90 Å². The molecule has 1 unspecified atom stereocenters. The van der Waals surface area contributed by atoms with E-state index >= 15 is 0 Å². The number of rotatable bonds is 6. The number of methoxy groups -OCH3 is 1. The van der Waals surface area contributed by atoms with Gasteiger partial charge >= 0.3 is 0 Å². The smallest absolute Gasteiger partial charge is 0.244 e. The first-order valence-electron chi connectivity index (χ1n) is 6.57. The topological polar surface area (TPSA) is 58.6 Å². The van der Waals surface area contributed by atoms with Gasteiger partial charge in [-0.25, -0.2) is 0 Å². The molecule has 2 rings (SSSR count). The van der Waals surface area contributed by atoms with Crippen LogP contribution in [0.25, 0.3) is 6.08 Å². The third-order valence-corrected chi connectivity index (χ3v) is 3.75. The van der Waals surface area contributed by atoms with Crippen molar-refractivity contribution in [3.63, 3.8) is 0 Å². The molecule has 20 heavy (non-hydrogen) atoms. The van der Waals surface area contributed by atoms with Crippen molar-refractivity contribution in [2.45, 2.75) is 18.9 Å². The Bertz CT molecular complexity index is 512. The molecule has 108 valence electrons. The summed E-state index contributed by atoms with van der Waals surface area (Å²) >= 11 is 3.38. The number of amides is 1. The fourth-order valence-electron chi connectivity index (χ4n) is 1.91. The zero-order chi connectivity index (χ0) is 14.5. The number of benzene rings is 1. The molecule has 1 atom stereocenters. The molecule has 0 saturated heterocycles. The Morgan fingerprint density at radius 2 is 2.35 bits per heavy atom. The van der Waals surface area contributed by atoms with Gasteiger partial charge in [-0.05, 0) is 43.0 Å². The number of aliphatic hydroxyl groups excluding tert-OH is 1. The van der Waals surface area contributed by atoms with Gasteiger partial charge in [-0.15, -0.1) is 0 Å². The van der Waals surface area contributed by atoms with Crippen molar-refractivity contribution in [2.75, 3.05) is 13.7 Å². The molecule has 1 aliphatic rings. The van der Waals surface area contributed by atoms with Crippen molar-refractivity contribution < 1.29 is 14.6 Å². The quantitative estimate of drug-likeness (QED) is 0.782. The van der Waals surface area contributed by atoms with Gasteiger partial charge in [0.1, 0.15) is 5.75 Å². The summed E-state index contributed by atoms with van der Waals surface area (Å²) in [7, 11) is 1.59. The minimum absolute atomic E-state index is 0.216. The Morgan fingerprint density at radius 1 is 1.60 bits per heavy atom. The highest BCUT2D eigenvalue weighted by molar-refractivity contribution is 9.10. The first-order chi connectivity index (χ1) is 9.60. The van der Waals surface area contributed by atoms with Crippen LogP contribution < -0.4 is 10.1 Å². The molecule has 1 amide bonds. The van der Waals surface area contributed by atoms with Crippen molar-refractivity contribution in [1.82, 2.24) is 5.32 Å². The second-order valence-corrected chi connectivity index (χ2v) is 5.79. The molecule has 0 heterocycles. The molecule has 1 aromatic carbocycles. The fraction of sp³-hybridized carbons (Fsp3) is 0.400. The summed E-state index contributed by atoms with van der Waals surface area (Å²) in [6.45, 7) is 0.309. The summed E-state index contributed by atoms with van der Waals surface area (Å²) in [5.74, 6) is 0.853. The Kier molecular flexibility index (Phi) is 5.20. The van der Waals surface area contributed by atoms with Gasteiger partial charge in [0.05, 0.1) is 13.2 Å². The predicted octanol–water partition coefficient (Wildman–Crippen LogP) is 2.36. The Balaban J connectivity index is 1.90. The molecule has 0 bridgehead atoms. The van der Waals surface area contributed by atoms with Gasteiger partial charge in [0, 0.05) is 22.7 Å². The lowest BCUT2D eigenvalue weighted by Crippen LogP contribution is -2.31. The van der Waals surface area contributed by atoms with Crippen LogP contribution in [-0.2, 0) is 4.79 Å². The van der Waals surface area contributed by atoms with E-state index < -0.39 is 6.10 Å². The van der Waals surface area contributed by atoms with Gasteiger partial charge in [-0.1, -0.05) is 15.9 Å². The maximum absolute atomic E-state index is 11.7. The van der Waals surface area contributed by atoms with Crippen molar-refractivity contribution >= 4 is 27.9 Å². The van der Waals surface area contributed by atoms with E-state index in [1.807, 2.05) is 18.2 Å². The van der Waals surface area contributed by atoms with Crippen LogP contribution in [0.15, 0.2) is 28.7 Å². The third-order valence-electron chi connectivity index (χ3n) is 3.26. The summed E-state index contributed by atoms with van der Waals surface area (Å²) < 4.78 is 6.15. The number of hydrogen-bond donors (Lipinski definition) is 2. The SMILES string of the molecule is COc1ccc(Br)cc1C=CC(=O)NCC(O)C1CC1. The van der Waals surface area contributed by atoms with Crippen LogP contribution in [0.3, 0.4) is 0 Å². The molecule has 0 aromatic heterocycles. The van der Waals surface area contributed by atoms with Gasteiger partial charge in [0.15, 0.2) is 0 Å². The highest BCUT2D eigenvalue weighted by Gasteiger charge is 2.29. The van der Waals surface area contributed by atoms with Crippen LogP contribution >= 0.6 is 15.9 Å². The van der Waals surface area contributed by atoms with Gasteiger partial charge in [0.25, 0.3) is 0 Å². The predicted molar refractivity (Wildman–Crippen MR) is 81.5 cm³/mol. The van der Waals surface area contributed by atoms with Crippen LogP contribution in [0.1, 0.15) is 18.4 Å². The van der Waals surface area contributed by atoms with Gasteiger partial charge in [-0.3, -0.25) is 4.79 Å². The standard InChI is InChI=1S/C15H18BrNO3/c1-20-14-6-5-12(16)8-11(14)4-7-15(19)17-9-13(18)10-2-3-10/h4-8,10,13,18H,2-3,9H2,1H3,(H,17,19). The summed E-state index contributed by atoms with van der Waals surface area (Å²) in [4.78, 5) is 11.7. The lowest BCUT2D eigenvalue weighted by Gasteiger charge is -2.09. The molecule has 5 heteroatoms. The average Bonchev–Trinajstić information content (AvgIpc) is 3.27. The van der Waals surface area contributed by atoms with Crippen molar-refractivity contribution in [3.8, 4) is 5.75 Å². The lowest BCUT2D eigenvalue weighted by molar-refractivity contribution is -0.116. The molecule has 1 aromatic rings. The molecule has 1 aliphatic carbocycles. The van der Waals surface area contributed by atoms with Crippen LogP contribution in [-0.4, -0.2) is 30.8 Å². The molecule has 4 nitrogen and oxygen atoms in total. The van der Waals surface area contributed by atoms with Crippen molar-refractivity contribution in [1.29, 1.82) is 0 Å². The number of hydrogen-bond acceptors (Lipinski definition) is 3. The van der Waals surface area contributed by atoms with E-state index in [0.717, 1.165) is 22.9 Å². The monoisotopic (exact) mass is 339 g/mol. The molecular formula is C15H18BrNO3. The van der Waals surface area contributed by atoms with E-state index in [-0.39, 0.29) is 5.91 Å². The van der Waals surface area contributed by atoms with Crippen molar-refractivity contribution in [2.24, 2.45) is 5.92 Å². The van der Waals surface area contributed by atoms with Crippen LogP contribution in [0.2, 0.25) is 0 Å². The molecular weight excluding hydrogens is 322 g/mol. The van der Waals surface area contributed by atoms with Gasteiger partial charge < -0.3 is 15.2 Å². The first-order valence-corrected chi connectivity index (χ1v) is 7.37. The van der Waals surface area contributed by atoms with E-state index in [1.54, 1.807) is 13.2 Å². The summed E-state index contributed by atoms with van der Waals surface area (Å²) in [6, 6.07) is 5.59. The van der Waals surface area contributed by atoms with Gasteiger partial charge in [0.2, 0.25) is 5.91 Å². The lowest BCUT2D eigenvalue weighted by atomic mass is 10.2. The minimum atomic E-state index is -0.423. The fourth-order valence-corrected chi connectivity index (χ4v) is 2.29. The molecule has 1 fully saturated rings. The second-order valence-electron chi connectivity index (χ2n) is 4.87. The third kappa shape index (κ3) is 4.35. The number of carbonyl (C=O) groups excluding carboxylic acids is 1. The molecule has 0 spiro atoms. The number of ether oxygens (including phenoxy) is 1. The van der Waals surface area contributed by atoms with Crippen LogP contribution in [0.4, 0.5) is 0 Å². The first kappa shape index (κ1) is 15.1. The van der Waals surface area contributed by atoms with Gasteiger partial charge in [-0.2, -0.15) is 0 Å². The van der Waals surface area contributed by atoms with E-state index in [4.69, 9.17) is 4.74 Å². The summed E-state index contributed by atoms with van der Waals surface area (Å²) in [6.07, 6.45) is 4.84. The largest absolute Gasteiger partial charge is 0.496 e. The number of carbonyl (C=O) groups is 1. The maximum atomic E-state index is 11.7. The van der Waals surface area contributed by atoms with Crippen LogP contribution in [0, 0.1) is 5.92 Å². The average molecular weight is 340 g/mol. The summed E-state index contributed by atoms with van der Waals surface area (Å²) in [5.41, 5.74) is 0.819. The highest BCUT2D eigenvalue weighted by Crippen LogP contribution is 2.32. The Labute approximate surface area is 127 Å². The summed E-state index contributed by atoms with van der Waals surface area (Å²) in [5, 5.41) is 12.4. The molecule has 0 radical (unpaired) electrons. The second kappa shape index (κ2) is 6.90. The normalized spacial score (nSPS) is 16.1. The molecule has 0 aliphatic heterocycles. The zero-order valence-corrected chi connectivity index (χ0v) is 12.9. The Morgan fingerprint density at radius 3 is 3.00 bits per heavy atom. The van der Waals surface area contributed by atoms with E-state index in [0.29, 0.717) is 18.2 Å². The minimum Gasteiger partial charge on any atom is -0.496 e. The van der Waals surface area contributed by atoms with E-state index in [1.165, 1.54) is 6.08 Å². The zero-order valence-electron chi connectivity index (χ0n) is 11.3.